The summed E-state index contributed by atoms with van der Waals surface area (Å²) in [5.41, 5.74) is 0. The molecule has 0 N–H and O–H groups in total. The van der Waals surface area contributed by atoms with Crippen LogP contribution in [0.15, 0.2) is 24.3 Å². The van der Waals surface area contributed by atoms with Crippen molar-refractivity contribution in [1.82, 2.24) is 0 Å². The van der Waals surface area contributed by atoms with Gasteiger partial charge in [0.25, 0.3) is 0 Å². The van der Waals surface area contributed by atoms with Crippen molar-refractivity contribution in [2.24, 2.45) is 0 Å². The van der Waals surface area contributed by atoms with Crippen molar-refractivity contribution in [3.8, 4) is 11.5 Å². The zero-order valence-electron chi connectivity index (χ0n) is 14.2. The van der Waals surface area contributed by atoms with Crippen LogP contribution in [0.1, 0.15) is 46.5 Å². The molecule has 0 saturated carbocycles. The molecule has 0 spiro atoms. The van der Waals surface area contributed by atoms with Crippen LogP contribution in [0, 0.1) is 0 Å². The average molecular weight is 310 g/mol. The first-order valence-electron chi connectivity index (χ1n) is 8.39. The lowest BCUT2D eigenvalue weighted by atomic mass is 10.3. The third-order valence-electron chi connectivity index (χ3n) is 2.97. The quantitative estimate of drug-likeness (QED) is 0.399. The van der Waals surface area contributed by atoms with E-state index in [1.807, 2.05) is 24.3 Å². The van der Waals surface area contributed by atoms with Gasteiger partial charge in [-0.05, 0) is 43.5 Å². The molecular formula is C18H30O4. The van der Waals surface area contributed by atoms with E-state index in [-0.39, 0.29) is 6.29 Å². The molecule has 1 aromatic carbocycles. The molecule has 126 valence electrons. The van der Waals surface area contributed by atoms with E-state index in [0.717, 1.165) is 50.4 Å². The van der Waals surface area contributed by atoms with Gasteiger partial charge < -0.3 is 18.9 Å². The molecule has 1 unspecified atom stereocenters. The van der Waals surface area contributed by atoms with Crippen molar-refractivity contribution in [3.63, 3.8) is 0 Å². The fraction of sp³-hybridized carbons (Fsp3) is 0.667. The van der Waals surface area contributed by atoms with Crippen LogP contribution in [0.5, 0.6) is 11.5 Å². The lowest BCUT2D eigenvalue weighted by Crippen LogP contribution is -2.27. The van der Waals surface area contributed by atoms with Crippen molar-refractivity contribution in [2.45, 2.75) is 52.7 Å². The van der Waals surface area contributed by atoms with E-state index in [0.29, 0.717) is 13.2 Å². The Morgan fingerprint density at radius 3 is 2.14 bits per heavy atom. The van der Waals surface area contributed by atoms with Gasteiger partial charge in [0.2, 0.25) is 6.29 Å². The summed E-state index contributed by atoms with van der Waals surface area (Å²) in [7, 11) is 0. The Balaban J connectivity index is 2.45. The highest BCUT2D eigenvalue weighted by Crippen LogP contribution is 2.19. The summed E-state index contributed by atoms with van der Waals surface area (Å²) in [4.78, 5) is 0. The Morgan fingerprint density at radius 2 is 1.50 bits per heavy atom. The highest BCUT2D eigenvalue weighted by Gasteiger charge is 2.11. The first-order valence-corrected chi connectivity index (χ1v) is 8.39. The average Bonchev–Trinajstić information content (AvgIpc) is 2.54. The number of hydrogen-bond donors (Lipinski definition) is 0. The Labute approximate surface area is 134 Å². The number of benzene rings is 1. The van der Waals surface area contributed by atoms with Crippen molar-refractivity contribution in [2.75, 3.05) is 26.4 Å². The zero-order chi connectivity index (χ0) is 16.0. The second kappa shape index (κ2) is 12.3. The third kappa shape index (κ3) is 8.25. The van der Waals surface area contributed by atoms with Gasteiger partial charge in [-0.25, -0.2) is 0 Å². The van der Waals surface area contributed by atoms with Crippen LogP contribution >= 0.6 is 0 Å². The van der Waals surface area contributed by atoms with Crippen LogP contribution in [-0.4, -0.2) is 32.7 Å². The van der Waals surface area contributed by atoms with E-state index in [1.165, 1.54) is 0 Å². The second-order valence-electron chi connectivity index (χ2n) is 5.17. The monoisotopic (exact) mass is 310 g/mol. The predicted molar refractivity (Wildman–Crippen MR) is 88.6 cm³/mol. The number of unbranched alkanes of at least 4 members (excludes halogenated alkanes) is 1. The van der Waals surface area contributed by atoms with Crippen molar-refractivity contribution in [1.29, 1.82) is 0 Å². The molecule has 1 atom stereocenters. The van der Waals surface area contributed by atoms with Crippen LogP contribution in [0.2, 0.25) is 0 Å². The molecule has 0 heterocycles. The third-order valence-corrected chi connectivity index (χ3v) is 2.97. The molecule has 0 aliphatic heterocycles. The van der Waals surface area contributed by atoms with Gasteiger partial charge in [-0.2, -0.15) is 0 Å². The maximum atomic E-state index is 5.84. The van der Waals surface area contributed by atoms with Crippen LogP contribution in [0.25, 0.3) is 0 Å². The molecule has 0 aliphatic rings. The fourth-order valence-corrected chi connectivity index (χ4v) is 1.79. The highest BCUT2D eigenvalue weighted by atomic mass is 16.7. The van der Waals surface area contributed by atoms with E-state index in [2.05, 4.69) is 20.8 Å². The molecule has 0 amide bonds. The minimum Gasteiger partial charge on any atom is -0.494 e. The van der Waals surface area contributed by atoms with Gasteiger partial charge in [-0.3, -0.25) is 0 Å². The van der Waals surface area contributed by atoms with Gasteiger partial charge in [0.05, 0.1) is 13.2 Å². The van der Waals surface area contributed by atoms with Crippen molar-refractivity contribution >= 4 is 0 Å². The predicted octanol–water partition coefficient (Wildman–Crippen LogP) is 4.42. The summed E-state index contributed by atoms with van der Waals surface area (Å²) in [6.07, 6.45) is 3.79. The zero-order valence-corrected chi connectivity index (χ0v) is 14.2. The largest absolute Gasteiger partial charge is 0.494 e. The van der Waals surface area contributed by atoms with E-state index in [1.54, 1.807) is 0 Å². The summed E-state index contributed by atoms with van der Waals surface area (Å²) >= 11 is 0. The molecular weight excluding hydrogens is 280 g/mol. The first kappa shape index (κ1) is 18.8. The summed E-state index contributed by atoms with van der Waals surface area (Å²) < 4.78 is 22.7. The Hall–Kier alpha value is -1.26. The summed E-state index contributed by atoms with van der Waals surface area (Å²) in [6.45, 7) is 8.90. The fourth-order valence-electron chi connectivity index (χ4n) is 1.79. The molecule has 22 heavy (non-hydrogen) atoms. The minimum absolute atomic E-state index is 0.363. The van der Waals surface area contributed by atoms with Crippen molar-refractivity contribution in [3.05, 3.63) is 24.3 Å². The molecule has 4 nitrogen and oxygen atoms in total. The van der Waals surface area contributed by atoms with Crippen LogP contribution < -0.4 is 9.47 Å². The second-order valence-corrected chi connectivity index (χ2v) is 5.17. The Bertz CT molecular complexity index is 364. The maximum Gasteiger partial charge on any atom is 0.223 e. The van der Waals surface area contributed by atoms with Gasteiger partial charge >= 0.3 is 0 Å². The molecule has 0 aromatic heterocycles. The summed E-state index contributed by atoms with van der Waals surface area (Å²) in [5, 5.41) is 0. The standard InChI is InChI=1S/C18H30O4/c1-4-7-14-20-16-8-10-17(11-9-16)22-18(21-13-6-3)15-19-12-5-2/h8-11,18H,4-7,12-15H2,1-3H3. The number of hydrogen-bond acceptors (Lipinski definition) is 4. The van der Waals surface area contributed by atoms with E-state index in [9.17, 15) is 0 Å². The van der Waals surface area contributed by atoms with Gasteiger partial charge in [-0.1, -0.05) is 27.2 Å². The van der Waals surface area contributed by atoms with Gasteiger partial charge in [0.1, 0.15) is 18.1 Å². The topological polar surface area (TPSA) is 36.9 Å². The Kier molecular flexibility index (Phi) is 10.5. The van der Waals surface area contributed by atoms with Crippen LogP contribution in [0.3, 0.4) is 0 Å². The minimum atomic E-state index is -0.363. The van der Waals surface area contributed by atoms with Gasteiger partial charge in [0, 0.05) is 6.61 Å². The molecule has 0 aliphatic carbocycles. The van der Waals surface area contributed by atoms with Gasteiger partial charge in [-0.15, -0.1) is 0 Å². The molecule has 1 aromatic rings. The summed E-state index contributed by atoms with van der Waals surface area (Å²) in [6, 6.07) is 7.66. The highest BCUT2D eigenvalue weighted by molar-refractivity contribution is 5.31. The summed E-state index contributed by atoms with van der Waals surface area (Å²) in [5.74, 6) is 1.64. The lowest BCUT2D eigenvalue weighted by Gasteiger charge is -2.19. The molecule has 1 rings (SSSR count). The number of rotatable bonds is 13. The molecule has 0 bridgehead atoms. The lowest BCUT2D eigenvalue weighted by molar-refractivity contribution is -0.121. The maximum absolute atomic E-state index is 5.84. The normalized spacial score (nSPS) is 12.1. The molecule has 4 heteroatoms. The smallest absolute Gasteiger partial charge is 0.223 e. The van der Waals surface area contributed by atoms with Crippen LogP contribution in [-0.2, 0) is 9.47 Å². The van der Waals surface area contributed by atoms with E-state index >= 15 is 0 Å². The molecule has 0 radical (unpaired) electrons. The number of ether oxygens (including phenoxy) is 4. The molecule has 0 saturated heterocycles. The van der Waals surface area contributed by atoms with E-state index in [4.69, 9.17) is 18.9 Å². The SMILES string of the molecule is CCCCOc1ccc(OC(COCCC)OCCC)cc1. The Morgan fingerprint density at radius 1 is 0.818 bits per heavy atom. The molecule has 0 fully saturated rings. The van der Waals surface area contributed by atoms with E-state index < -0.39 is 0 Å². The first-order chi connectivity index (χ1) is 10.8. The van der Waals surface area contributed by atoms with Crippen LogP contribution in [0.4, 0.5) is 0 Å². The van der Waals surface area contributed by atoms with Gasteiger partial charge in [0.15, 0.2) is 0 Å². The van der Waals surface area contributed by atoms with Crippen molar-refractivity contribution < 1.29 is 18.9 Å².